The highest BCUT2D eigenvalue weighted by molar-refractivity contribution is 6.66. The molecule has 0 saturated heterocycles. The fourth-order valence-corrected chi connectivity index (χ4v) is 2.02. The Labute approximate surface area is 114 Å². The fraction of sp³-hybridized carbons (Fsp3) is 0.182. The number of aromatic hydroxyl groups is 1. The van der Waals surface area contributed by atoms with Crippen molar-refractivity contribution in [2.45, 2.75) is 10.3 Å². The molecule has 0 saturated carbocycles. The summed E-state index contributed by atoms with van der Waals surface area (Å²) in [6.07, 6.45) is 3.29. The topological polar surface area (TPSA) is 38.0 Å². The van der Waals surface area contributed by atoms with Gasteiger partial charge in [-0.2, -0.15) is 0 Å². The molecule has 0 aliphatic heterocycles. The summed E-state index contributed by atoms with van der Waals surface area (Å²) in [6, 6.07) is 6.90. The van der Waals surface area contributed by atoms with Gasteiger partial charge >= 0.3 is 0 Å². The number of hydrogen-bond acceptors (Lipinski definition) is 2. The fourth-order valence-electron chi connectivity index (χ4n) is 1.54. The summed E-state index contributed by atoms with van der Waals surface area (Å²) in [5.41, 5.74) is 0.901. The molecule has 0 radical (unpaired) electrons. The molecule has 1 aromatic carbocycles. The van der Waals surface area contributed by atoms with E-state index in [2.05, 4.69) is 4.98 Å². The maximum Gasteiger partial charge on any atom is 0.248 e. The summed E-state index contributed by atoms with van der Waals surface area (Å²) in [4.78, 5) is 4.01. The highest BCUT2D eigenvalue weighted by Crippen LogP contribution is 2.37. The van der Waals surface area contributed by atoms with E-state index in [0.29, 0.717) is 12.4 Å². The van der Waals surface area contributed by atoms with Gasteiger partial charge in [-0.3, -0.25) is 0 Å². The molecule has 0 unspecified atom stereocenters. The third-order valence-electron chi connectivity index (χ3n) is 2.23. The molecule has 90 valence electrons. The van der Waals surface area contributed by atoms with E-state index in [4.69, 9.17) is 34.8 Å². The zero-order valence-corrected chi connectivity index (χ0v) is 10.9. The van der Waals surface area contributed by atoms with Gasteiger partial charge in [0.05, 0.1) is 0 Å². The van der Waals surface area contributed by atoms with Crippen molar-refractivity contribution < 1.29 is 5.11 Å². The number of alkyl halides is 3. The van der Waals surface area contributed by atoms with Crippen molar-refractivity contribution in [3.05, 3.63) is 48.0 Å². The van der Waals surface area contributed by atoms with Crippen molar-refractivity contribution in [3.8, 4) is 5.75 Å². The third-order valence-corrected chi connectivity index (χ3v) is 2.74. The van der Waals surface area contributed by atoms with Crippen LogP contribution >= 0.6 is 34.8 Å². The van der Waals surface area contributed by atoms with Gasteiger partial charge in [-0.1, -0.05) is 46.9 Å². The second kappa shape index (κ2) is 4.77. The standard InChI is InChI=1S/C11H9Cl3N2O/c12-11(13,14)10-15-4-5-16(10)7-8-2-1-3-9(17)6-8/h1-6,17H,7H2. The van der Waals surface area contributed by atoms with E-state index >= 15 is 0 Å². The lowest BCUT2D eigenvalue weighted by molar-refractivity contribution is 0.474. The van der Waals surface area contributed by atoms with Crippen LogP contribution in [0.5, 0.6) is 5.75 Å². The van der Waals surface area contributed by atoms with E-state index in [-0.39, 0.29) is 5.75 Å². The molecule has 0 aliphatic rings. The summed E-state index contributed by atoms with van der Waals surface area (Å²) in [5, 5.41) is 9.37. The van der Waals surface area contributed by atoms with Crippen LogP contribution in [-0.2, 0) is 10.3 Å². The van der Waals surface area contributed by atoms with Crippen molar-refractivity contribution in [3.63, 3.8) is 0 Å². The first kappa shape index (κ1) is 12.6. The molecular weight excluding hydrogens is 282 g/mol. The summed E-state index contributed by atoms with van der Waals surface area (Å²) < 4.78 is 0.169. The highest BCUT2D eigenvalue weighted by atomic mass is 35.6. The Morgan fingerprint density at radius 3 is 2.71 bits per heavy atom. The molecule has 1 aromatic heterocycles. The van der Waals surface area contributed by atoms with Gasteiger partial charge in [0.25, 0.3) is 0 Å². The van der Waals surface area contributed by atoms with Crippen LogP contribution in [0.15, 0.2) is 36.7 Å². The summed E-state index contributed by atoms with van der Waals surface area (Å²) in [5.74, 6) is 0.559. The Bertz CT molecular complexity index is 519. The molecule has 0 atom stereocenters. The largest absolute Gasteiger partial charge is 0.508 e. The van der Waals surface area contributed by atoms with Crippen LogP contribution in [0.3, 0.4) is 0 Å². The van der Waals surface area contributed by atoms with Crippen LogP contribution in [0.2, 0.25) is 0 Å². The molecule has 0 spiro atoms. The van der Waals surface area contributed by atoms with Crippen molar-refractivity contribution in [1.29, 1.82) is 0 Å². The van der Waals surface area contributed by atoms with Crippen molar-refractivity contribution in [2.24, 2.45) is 0 Å². The number of halogens is 3. The Kier molecular flexibility index (Phi) is 3.52. The lowest BCUT2D eigenvalue weighted by atomic mass is 10.2. The predicted octanol–water partition coefficient (Wildman–Crippen LogP) is 3.46. The zero-order valence-electron chi connectivity index (χ0n) is 8.65. The van der Waals surface area contributed by atoms with Gasteiger partial charge in [-0.05, 0) is 17.7 Å². The number of imidazole rings is 1. The van der Waals surface area contributed by atoms with Crippen molar-refractivity contribution in [1.82, 2.24) is 9.55 Å². The number of rotatable bonds is 2. The number of phenols is 1. The Hall–Kier alpha value is -0.900. The zero-order chi connectivity index (χ0) is 12.5. The van der Waals surface area contributed by atoms with Gasteiger partial charge in [0.2, 0.25) is 3.79 Å². The van der Waals surface area contributed by atoms with E-state index in [1.807, 2.05) is 6.07 Å². The normalized spacial score (nSPS) is 11.7. The molecule has 0 amide bonds. The Morgan fingerprint density at radius 1 is 1.29 bits per heavy atom. The first-order chi connectivity index (χ1) is 7.97. The smallest absolute Gasteiger partial charge is 0.248 e. The first-order valence-corrected chi connectivity index (χ1v) is 5.96. The van der Waals surface area contributed by atoms with Gasteiger partial charge < -0.3 is 9.67 Å². The summed E-state index contributed by atoms with van der Waals surface area (Å²) >= 11 is 17.4. The van der Waals surface area contributed by atoms with Gasteiger partial charge in [0.15, 0.2) is 5.82 Å². The molecule has 0 bridgehead atoms. The van der Waals surface area contributed by atoms with Crippen LogP contribution in [0.4, 0.5) is 0 Å². The summed E-state index contributed by atoms with van der Waals surface area (Å²) in [6.45, 7) is 0.484. The number of aromatic nitrogens is 2. The molecule has 1 heterocycles. The quantitative estimate of drug-likeness (QED) is 0.861. The Balaban J connectivity index is 2.28. The maximum atomic E-state index is 9.37. The molecule has 1 N–H and O–H groups in total. The van der Waals surface area contributed by atoms with Gasteiger partial charge in [-0.15, -0.1) is 0 Å². The van der Waals surface area contributed by atoms with E-state index in [9.17, 15) is 5.11 Å². The predicted molar refractivity (Wildman–Crippen MR) is 68.7 cm³/mol. The molecule has 3 nitrogen and oxygen atoms in total. The minimum atomic E-state index is -1.56. The van der Waals surface area contributed by atoms with Crippen LogP contribution < -0.4 is 0 Å². The highest BCUT2D eigenvalue weighted by Gasteiger charge is 2.28. The molecule has 0 aliphatic carbocycles. The third kappa shape index (κ3) is 3.06. The molecule has 0 fully saturated rings. The SMILES string of the molecule is Oc1cccc(Cn2ccnc2C(Cl)(Cl)Cl)c1. The van der Waals surface area contributed by atoms with Crippen LogP contribution in [0.25, 0.3) is 0 Å². The van der Waals surface area contributed by atoms with Crippen LogP contribution in [0, 0.1) is 0 Å². The maximum absolute atomic E-state index is 9.37. The van der Waals surface area contributed by atoms with E-state index in [1.165, 1.54) is 0 Å². The minimum Gasteiger partial charge on any atom is -0.508 e. The van der Waals surface area contributed by atoms with Gasteiger partial charge in [-0.25, -0.2) is 4.98 Å². The second-order valence-electron chi connectivity index (χ2n) is 3.55. The van der Waals surface area contributed by atoms with Crippen molar-refractivity contribution in [2.75, 3.05) is 0 Å². The van der Waals surface area contributed by atoms with E-state index in [0.717, 1.165) is 5.56 Å². The lowest BCUT2D eigenvalue weighted by Crippen LogP contribution is -2.12. The van der Waals surface area contributed by atoms with E-state index < -0.39 is 3.79 Å². The average Bonchev–Trinajstić information content (AvgIpc) is 2.65. The second-order valence-corrected chi connectivity index (χ2v) is 5.83. The molecule has 2 aromatic rings. The van der Waals surface area contributed by atoms with Crippen molar-refractivity contribution >= 4 is 34.8 Å². The summed E-state index contributed by atoms with van der Waals surface area (Å²) in [7, 11) is 0. The molecule has 17 heavy (non-hydrogen) atoms. The Morgan fingerprint density at radius 2 is 2.06 bits per heavy atom. The van der Waals surface area contributed by atoms with Crippen LogP contribution in [0.1, 0.15) is 11.4 Å². The first-order valence-electron chi connectivity index (χ1n) is 4.83. The molecular formula is C11H9Cl3N2O. The molecule has 6 heteroatoms. The monoisotopic (exact) mass is 290 g/mol. The number of hydrogen-bond donors (Lipinski definition) is 1. The van der Waals surface area contributed by atoms with Gasteiger partial charge in [0, 0.05) is 18.9 Å². The average molecular weight is 292 g/mol. The van der Waals surface area contributed by atoms with Gasteiger partial charge in [0.1, 0.15) is 5.75 Å². The van der Waals surface area contributed by atoms with E-state index in [1.54, 1.807) is 35.2 Å². The van der Waals surface area contributed by atoms with Crippen LogP contribution in [-0.4, -0.2) is 14.7 Å². The number of phenolic OH excluding ortho intramolecular Hbond substituents is 1. The lowest BCUT2D eigenvalue weighted by Gasteiger charge is -2.13. The minimum absolute atomic E-state index is 0.207. The molecule has 2 rings (SSSR count). The number of benzene rings is 1. The number of nitrogens with zero attached hydrogens (tertiary/aromatic N) is 2.